The van der Waals surface area contributed by atoms with Crippen LogP contribution in [0, 0.1) is 13.8 Å². The fourth-order valence-electron chi connectivity index (χ4n) is 1.89. The van der Waals surface area contributed by atoms with Gasteiger partial charge in [0.05, 0.1) is 0 Å². The van der Waals surface area contributed by atoms with E-state index in [0.29, 0.717) is 13.1 Å². The highest BCUT2D eigenvalue weighted by Gasteiger charge is 2.07. The van der Waals surface area contributed by atoms with Crippen LogP contribution in [-0.4, -0.2) is 27.2 Å². The molecule has 2 aromatic rings. The lowest BCUT2D eigenvalue weighted by Crippen LogP contribution is -2.29. The topological polar surface area (TPSA) is 79.8 Å². The summed E-state index contributed by atoms with van der Waals surface area (Å²) in [6.45, 7) is 5.27. The molecule has 2 rings (SSSR count). The first-order valence-corrected chi connectivity index (χ1v) is 6.04. The number of aromatic nitrogens is 3. The second-order valence-electron chi connectivity index (χ2n) is 4.33. The van der Waals surface area contributed by atoms with Crippen molar-refractivity contribution in [1.29, 1.82) is 0 Å². The minimum absolute atomic E-state index is 0.209. The Labute approximate surface area is 110 Å². The summed E-state index contributed by atoms with van der Waals surface area (Å²) in [5.74, 6) is -0.293. The SMILES string of the molecule is Cc1ccc(C)n1CCNC(=O)c1ccc(=O)[nH]n1. The zero-order valence-electron chi connectivity index (χ0n) is 10.9. The number of carbonyl (C=O) groups excluding carboxylic acids is 1. The Kier molecular flexibility index (Phi) is 3.79. The first-order valence-electron chi connectivity index (χ1n) is 6.04. The van der Waals surface area contributed by atoms with Gasteiger partial charge < -0.3 is 9.88 Å². The van der Waals surface area contributed by atoms with Crippen molar-refractivity contribution in [3.05, 3.63) is 51.7 Å². The molecule has 0 aromatic carbocycles. The standard InChI is InChI=1S/C13H16N4O2/c1-9-3-4-10(2)17(9)8-7-14-13(19)11-5-6-12(18)16-15-11/h3-6H,7-8H2,1-2H3,(H,14,19)(H,16,18). The molecule has 2 aromatic heterocycles. The molecule has 100 valence electrons. The van der Waals surface area contributed by atoms with E-state index in [2.05, 4.69) is 20.1 Å². The molecule has 19 heavy (non-hydrogen) atoms. The van der Waals surface area contributed by atoms with Crippen LogP contribution in [-0.2, 0) is 6.54 Å². The molecule has 0 saturated heterocycles. The summed E-state index contributed by atoms with van der Waals surface area (Å²) in [7, 11) is 0. The molecule has 0 atom stereocenters. The molecule has 0 radical (unpaired) electrons. The number of nitrogens with one attached hydrogen (secondary N) is 2. The number of hydrogen-bond acceptors (Lipinski definition) is 3. The Balaban J connectivity index is 1.91. The van der Waals surface area contributed by atoms with E-state index in [1.807, 2.05) is 26.0 Å². The molecule has 0 spiro atoms. The predicted octanol–water partition coefficient (Wildman–Crippen LogP) is 0.618. The van der Waals surface area contributed by atoms with E-state index in [1.54, 1.807) is 0 Å². The van der Waals surface area contributed by atoms with E-state index in [-0.39, 0.29) is 17.2 Å². The average molecular weight is 260 g/mol. The summed E-state index contributed by atoms with van der Waals surface area (Å²) >= 11 is 0. The number of rotatable bonds is 4. The van der Waals surface area contributed by atoms with Crippen LogP contribution in [0.15, 0.2) is 29.1 Å². The molecule has 0 aliphatic rings. The Morgan fingerprint density at radius 1 is 1.26 bits per heavy atom. The van der Waals surface area contributed by atoms with E-state index < -0.39 is 0 Å². The molecule has 0 fully saturated rings. The van der Waals surface area contributed by atoms with E-state index in [0.717, 1.165) is 11.4 Å². The average Bonchev–Trinajstić information content (AvgIpc) is 2.71. The zero-order valence-corrected chi connectivity index (χ0v) is 10.9. The van der Waals surface area contributed by atoms with Gasteiger partial charge in [-0.2, -0.15) is 5.10 Å². The van der Waals surface area contributed by atoms with E-state index in [1.165, 1.54) is 12.1 Å². The predicted molar refractivity (Wildman–Crippen MR) is 71.1 cm³/mol. The highest BCUT2D eigenvalue weighted by atomic mass is 16.2. The Morgan fingerprint density at radius 3 is 2.53 bits per heavy atom. The highest BCUT2D eigenvalue weighted by Crippen LogP contribution is 2.05. The fourth-order valence-corrected chi connectivity index (χ4v) is 1.89. The normalized spacial score (nSPS) is 10.4. The number of amides is 1. The van der Waals surface area contributed by atoms with Crippen LogP contribution in [0.25, 0.3) is 0 Å². The van der Waals surface area contributed by atoms with Crippen LogP contribution in [0.3, 0.4) is 0 Å². The second-order valence-corrected chi connectivity index (χ2v) is 4.33. The largest absolute Gasteiger partial charge is 0.349 e. The van der Waals surface area contributed by atoms with Gasteiger partial charge in [-0.05, 0) is 32.0 Å². The lowest BCUT2D eigenvalue weighted by atomic mass is 10.3. The highest BCUT2D eigenvalue weighted by molar-refractivity contribution is 5.91. The zero-order chi connectivity index (χ0) is 13.8. The van der Waals surface area contributed by atoms with Gasteiger partial charge in [0.2, 0.25) is 0 Å². The van der Waals surface area contributed by atoms with E-state index in [4.69, 9.17) is 0 Å². The number of carbonyl (C=O) groups is 1. The Hall–Kier alpha value is -2.37. The molecule has 6 heteroatoms. The lowest BCUT2D eigenvalue weighted by molar-refractivity contribution is 0.0946. The molecule has 0 unspecified atom stereocenters. The number of aromatic amines is 1. The summed E-state index contributed by atoms with van der Waals surface area (Å²) in [4.78, 5) is 22.6. The summed E-state index contributed by atoms with van der Waals surface area (Å²) in [5, 5.41) is 8.67. The van der Waals surface area contributed by atoms with Crippen LogP contribution >= 0.6 is 0 Å². The van der Waals surface area contributed by atoms with Gasteiger partial charge in [0.25, 0.3) is 11.5 Å². The van der Waals surface area contributed by atoms with Gasteiger partial charge >= 0.3 is 0 Å². The summed E-state index contributed by atoms with van der Waals surface area (Å²) < 4.78 is 2.13. The van der Waals surface area contributed by atoms with Gasteiger partial charge in [-0.15, -0.1) is 0 Å². The number of aryl methyl sites for hydroxylation is 2. The minimum atomic E-state index is -0.324. The molecule has 6 nitrogen and oxygen atoms in total. The third kappa shape index (κ3) is 3.09. The summed E-state index contributed by atoms with van der Waals surface area (Å²) in [5.41, 5.74) is 2.21. The Morgan fingerprint density at radius 2 is 1.95 bits per heavy atom. The monoisotopic (exact) mass is 260 g/mol. The molecule has 0 saturated carbocycles. The molecule has 0 aliphatic heterocycles. The van der Waals surface area contributed by atoms with Crippen molar-refractivity contribution in [2.75, 3.05) is 6.54 Å². The van der Waals surface area contributed by atoms with E-state index >= 15 is 0 Å². The van der Waals surface area contributed by atoms with Gasteiger partial charge in [0.1, 0.15) is 5.69 Å². The van der Waals surface area contributed by atoms with Crippen LogP contribution < -0.4 is 10.9 Å². The van der Waals surface area contributed by atoms with Crippen molar-refractivity contribution in [2.45, 2.75) is 20.4 Å². The van der Waals surface area contributed by atoms with Crippen LogP contribution in [0.2, 0.25) is 0 Å². The maximum Gasteiger partial charge on any atom is 0.271 e. The van der Waals surface area contributed by atoms with Crippen LogP contribution in [0.4, 0.5) is 0 Å². The van der Waals surface area contributed by atoms with E-state index in [9.17, 15) is 9.59 Å². The van der Waals surface area contributed by atoms with Crippen molar-refractivity contribution in [3.63, 3.8) is 0 Å². The fraction of sp³-hybridized carbons (Fsp3) is 0.308. The second kappa shape index (κ2) is 5.51. The first-order chi connectivity index (χ1) is 9.08. The molecule has 0 aliphatic carbocycles. The molecule has 1 amide bonds. The molecule has 2 N–H and O–H groups in total. The van der Waals surface area contributed by atoms with Crippen molar-refractivity contribution >= 4 is 5.91 Å². The van der Waals surface area contributed by atoms with Crippen molar-refractivity contribution in [2.24, 2.45) is 0 Å². The number of nitrogens with zero attached hydrogens (tertiary/aromatic N) is 2. The number of hydrogen-bond donors (Lipinski definition) is 2. The third-order valence-electron chi connectivity index (χ3n) is 2.95. The molecular formula is C13H16N4O2. The maximum atomic E-state index is 11.7. The van der Waals surface area contributed by atoms with Crippen LogP contribution in [0.1, 0.15) is 21.9 Å². The van der Waals surface area contributed by atoms with Crippen molar-refractivity contribution in [3.8, 4) is 0 Å². The maximum absolute atomic E-state index is 11.7. The van der Waals surface area contributed by atoms with Gasteiger partial charge in [-0.25, -0.2) is 5.10 Å². The third-order valence-corrected chi connectivity index (χ3v) is 2.95. The molecule has 0 bridgehead atoms. The summed E-state index contributed by atoms with van der Waals surface area (Å²) in [6, 6.07) is 6.77. The van der Waals surface area contributed by atoms with Crippen molar-refractivity contribution in [1.82, 2.24) is 20.1 Å². The number of H-pyrrole nitrogens is 1. The molecule has 2 heterocycles. The minimum Gasteiger partial charge on any atom is -0.349 e. The first kappa shape index (κ1) is 13.1. The van der Waals surface area contributed by atoms with Gasteiger partial charge in [0.15, 0.2) is 0 Å². The van der Waals surface area contributed by atoms with Crippen molar-refractivity contribution < 1.29 is 4.79 Å². The Bertz CT molecular complexity index is 602. The molecular weight excluding hydrogens is 244 g/mol. The smallest absolute Gasteiger partial charge is 0.271 e. The summed E-state index contributed by atoms with van der Waals surface area (Å²) in [6.07, 6.45) is 0. The van der Waals surface area contributed by atoms with Crippen LogP contribution in [0.5, 0.6) is 0 Å². The quantitative estimate of drug-likeness (QED) is 0.845. The lowest BCUT2D eigenvalue weighted by Gasteiger charge is -2.10. The van der Waals surface area contributed by atoms with Gasteiger partial charge in [-0.3, -0.25) is 9.59 Å². The van der Waals surface area contributed by atoms with Gasteiger partial charge in [-0.1, -0.05) is 0 Å². The van der Waals surface area contributed by atoms with Gasteiger partial charge in [0, 0.05) is 30.5 Å².